The molecular weight excluding hydrogens is 546 g/mol. The molecule has 1 atom stereocenters. The van der Waals surface area contributed by atoms with Gasteiger partial charge in [-0.3, -0.25) is 25.8 Å². The summed E-state index contributed by atoms with van der Waals surface area (Å²) in [6.07, 6.45) is 2.74. The Labute approximate surface area is 214 Å². The Morgan fingerprint density at radius 2 is 1.97 bits per heavy atom. The van der Waals surface area contributed by atoms with Gasteiger partial charge in [-0.2, -0.15) is 4.98 Å². The van der Waals surface area contributed by atoms with Crippen LogP contribution in [-0.2, 0) is 16.1 Å². The molecule has 12 nitrogen and oxygen atoms in total. The minimum absolute atomic E-state index is 0. The number of fused-ring (bicyclic) bond motifs is 1. The number of hydrogen-bond donors (Lipinski definition) is 5. The van der Waals surface area contributed by atoms with Crippen LogP contribution in [0, 0.1) is 48.2 Å². The molecule has 32 heavy (non-hydrogen) atoms. The van der Waals surface area contributed by atoms with E-state index in [-0.39, 0.29) is 71.8 Å². The molecule has 2 heterocycles. The van der Waals surface area contributed by atoms with Gasteiger partial charge in [0.25, 0.3) is 11.5 Å². The summed E-state index contributed by atoms with van der Waals surface area (Å²) in [5, 5.41) is 14.2. The van der Waals surface area contributed by atoms with E-state index in [2.05, 4.69) is 30.6 Å². The van der Waals surface area contributed by atoms with Gasteiger partial charge in [0.2, 0.25) is 5.95 Å². The van der Waals surface area contributed by atoms with Crippen molar-refractivity contribution >= 4 is 41.0 Å². The number of amides is 1. The van der Waals surface area contributed by atoms with Gasteiger partial charge in [0.05, 0.1) is 24.5 Å². The fourth-order valence-electron chi connectivity index (χ4n) is 2.62. The Bertz CT molecular complexity index is 1180. The van der Waals surface area contributed by atoms with Gasteiger partial charge in [-0.05, 0) is 24.3 Å². The molecule has 0 aliphatic heterocycles. The Kier molecular flexibility index (Phi) is 9.04. The van der Waals surface area contributed by atoms with E-state index in [1.165, 1.54) is 6.20 Å². The van der Waals surface area contributed by atoms with Crippen molar-refractivity contribution in [1.82, 2.24) is 25.3 Å². The summed E-state index contributed by atoms with van der Waals surface area (Å²) < 4.78 is 0. The first-order chi connectivity index (χ1) is 14.9. The molecule has 13 heteroatoms. The van der Waals surface area contributed by atoms with Crippen LogP contribution in [0.3, 0.4) is 0 Å². The van der Waals surface area contributed by atoms with Gasteiger partial charge in [-0.1, -0.05) is 0 Å². The third-order valence-electron chi connectivity index (χ3n) is 4.13. The van der Waals surface area contributed by atoms with Crippen molar-refractivity contribution < 1.29 is 61.2 Å². The smallest absolute Gasteiger partial charge is 0.280 e. The van der Waals surface area contributed by atoms with E-state index in [4.69, 9.17) is 10.8 Å². The molecule has 0 radical (unpaired) electrons. The van der Waals surface area contributed by atoms with E-state index < -0.39 is 23.5 Å². The van der Waals surface area contributed by atoms with Crippen molar-refractivity contribution in [1.29, 1.82) is 0 Å². The van der Waals surface area contributed by atoms with E-state index >= 15 is 0 Å². The summed E-state index contributed by atoms with van der Waals surface area (Å²) in [5.74, 6) is -1.72. The summed E-state index contributed by atoms with van der Waals surface area (Å²) in [6, 6.07) is 5.46. The second-order valence-electron chi connectivity index (χ2n) is 6.41. The number of nitrogens with one attached hydrogen (secondary N) is 3. The van der Waals surface area contributed by atoms with Gasteiger partial charge in [0.1, 0.15) is 6.29 Å². The first kappa shape index (κ1) is 25.2. The number of aromatic nitrogens is 4. The van der Waals surface area contributed by atoms with Crippen molar-refractivity contribution in [2.45, 2.75) is 19.0 Å². The molecule has 0 aliphatic carbocycles. The predicted molar refractivity (Wildman–Crippen MR) is 110 cm³/mol. The number of aldehydes is 1. The normalized spacial score (nSPS) is 11.1. The number of anilines is 2. The average Bonchev–Trinajstić information content (AvgIpc) is 2.75. The zero-order valence-corrected chi connectivity index (χ0v) is 19.7. The molecular formula is C19H18CeN7O5-. The fraction of sp³-hybridized carbons (Fsp3) is 0.158. The van der Waals surface area contributed by atoms with E-state index in [1.54, 1.807) is 24.3 Å². The molecule has 164 valence electrons. The number of aliphatic carboxylic acids is 1. The number of hydrogen-bond acceptors (Lipinski definition) is 9. The van der Waals surface area contributed by atoms with Crippen LogP contribution in [0.25, 0.3) is 11.2 Å². The number of carbonyl (C=O) groups excluding carboxylic acids is 2. The number of nitrogens with two attached hydrogens (primary N) is 1. The maximum absolute atomic E-state index is 12.2. The third kappa shape index (κ3) is 6.70. The first-order valence-corrected chi connectivity index (χ1v) is 9.03. The fourth-order valence-corrected chi connectivity index (χ4v) is 2.62. The van der Waals surface area contributed by atoms with Gasteiger partial charge < -0.3 is 26.3 Å². The number of nitrogens with zero attached hydrogens (tertiary/aromatic N) is 3. The molecule has 0 aliphatic rings. The average molecular weight is 565 g/mol. The predicted octanol–water partition coefficient (Wildman–Crippen LogP) is -0.116. The van der Waals surface area contributed by atoms with Crippen LogP contribution in [0.4, 0.5) is 11.6 Å². The monoisotopic (exact) mass is 564 g/mol. The number of nitrogen functional groups attached to an aromatic ring is 1. The Hall–Kier alpha value is -3.10. The SMILES string of the molecule is Nc1nc2ncc(CNc3ccc(C(=O)N[C@H](C=O)C[CH-]C(=O)O)cc3)nc2c(=O)[nH]1.[Ce]. The third-order valence-corrected chi connectivity index (χ3v) is 4.13. The molecule has 1 aromatic carbocycles. The number of carbonyl (C=O) groups is 3. The van der Waals surface area contributed by atoms with Gasteiger partial charge >= 0.3 is 0 Å². The number of rotatable bonds is 9. The minimum Gasteiger partial charge on any atom is -0.503 e. The number of carboxylic acids is 1. The molecule has 0 saturated heterocycles. The van der Waals surface area contributed by atoms with Gasteiger partial charge in [0, 0.05) is 53.0 Å². The largest absolute Gasteiger partial charge is 0.503 e. The van der Waals surface area contributed by atoms with Gasteiger partial charge in [-0.15, -0.1) is 6.42 Å². The maximum atomic E-state index is 12.2. The molecule has 0 bridgehead atoms. The van der Waals surface area contributed by atoms with E-state index in [0.717, 1.165) is 6.42 Å². The maximum Gasteiger partial charge on any atom is 0.280 e. The summed E-state index contributed by atoms with van der Waals surface area (Å²) in [5.41, 5.74) is 6.68. The molecule has 0 saturated carbocycles. The molecule has 1 amide bonds. The summed E-state index contributed by atoms with van der Waals surface area (Å²) in [4.78, 5) is 60.2. The second-order valence-corrected chi connectivity index (χ2v) is 6.41. The first-order valence-electron chi connectivity index (χ1n) is 9.03. The number of H-pyrrole nitrogens is 1. The van der Waals surface area contributed by atoms with Crippen molar-refractivity contribution in [2.24, 2.45) is 0 Å². The Balaban J connectivity index is 0.00000363. The topological polar surface area (TPSA) is 193 Å². The molecule has 0 spiro atoms. The van der Waals surface area contributed by atoms with E-state index in [1.807, 2.05) is 0 Å². The van der Waals surface area contributed by atoms with Crippen LogP contribution in [0.1, 0.15) is 22.5 Å². The van der Waals surface area contributed by atoms with Crippen LogP contribution in [0.5, 0.6) is 0 Å². The Morgan fingerprint density at radius 1 is 1.25 bits per heavy atom. The van der Waals surface area contributed by atoms with Gasteiger partial charge in [0.15, 0.2) is 17.1 Å². The molecule has 6 N–H and O–H groups in total. The number of benzene rings is 1. The summed E-state index contributed by atoms with van der Waals surface area (Å²) in [7, 11) is 0. The molecule has 0 unspecified atom stereocenters. The molecule has 3 aromatic rings. The van der Waals surface area contributed by atoms with Crippen LogP contribution in [0.15, 0.2) is 35.3 Å². The minimum atomic E-state index is -1.17. The van der Waals surface area contributed by atoms with E-state index in [0.29, 0.717) is 23.2 Å². The van der Waals surface area contributed by atoms with Crippen LogP contribution >= 0.6 is 0 Å². The Morgan fingerprint density at radius 3 is 2.62 bits per heavy atom. The summed E-state index contributed by atoms with van der Waals surface area (Å²) >= 11 is 0. The zero-order chi connectivity index (χ0) is 22.4. The van der Waals surface area contributed by atoms with Crippen LogP contribution in [-0.4, -0.2) is 49.2 Å². The number of aromatic amines is 1. The molecule has 0 fully saturated rings. The molecule has 2 aromatic heterocycles. The van der Waals surface area contributed by atoms with Gasteiger partial charge in [-0.25, -0.2) is 9.97 Å². The van der Waals surface area contributed by atoms with Crippen LogP contribution < -0.4 is 21.9 Å². The quantitative estimate of drug-likeness (QED) is 0.173. The van der Waals surface area contributed by atoms with Crippen molar-refractivity contribution in [3.63, 3.8) is 0 Å². The van der Waals surface area contributed by atoms with E-state index in [9.17, 15) is 19.2 Å². The van der Waals surface area contributed by atoms with Crippen molar-refractivity contribution in [3.8, 4) is 0 Å². The number of carboxylic acid groups (broad SMARTS) is 1. The van der Waals surface area contributed by atoms with Crippen LogP contribution in [0.2, 0.25) is 0 Å². The summed E-state index contributed by atoms with van der Waals surface area (Å²) in [6.45, 7) is 0.260. The molecule has 3 rings (SSSR count). The second kappa shape index (κ2) is 11.5. The zero-order valence-electron chi connectivity index (χ0n) is 16.5. The standard InChI is InChI=1S/C19H18N7O5.Ce/c20-19-25-16-15(18(31)26-19)23-13(8-22-16)7-21-11-3-1-10(2-4-11)17(30)24-12(9-27)5-6-14(28)29;/h1-4,6,8-9,12,21H,5,7H2,(H,24,30)(H,28,29)(H3,20,22,25,26,31);/q-1;/t12-;/m0./s1. The van der Waals surface area contributed by atoms with Crippen molar-refractivity contribution in [2.75, 3.05) is 11.1 Å². The van der Waals surface area contributed by atoms with Crippen molar-refractivity contribution in [3.05, 3.63) is 58.5 Å².